The van der Waals surface area contributed by atoms with Gasteiger partial charge in [-0.15, -0.1) is 0 Å². The van der Waals surface area contributed by atoms with Crippen LogP contribution in [-0.4, -0.2) is 18.0 Å². The van der Waals surface area contributed by atoms with Gasteiger partial charge in [-0.1, -0.05) is 46.5 Å². The maximum Gasteiger partial charge on any atom is 0.237 e. The molecule has 0 aromatic carbocycles. The Kier molecular flexibility index (Phi) is 8.26. The van der Waals surface area contributed by atoms with Gasteiger partial charge in [0.25, 0.3) is 0 Å². The number of nitrogens with one attached hydrogen (secondary N) is 1. The molecule has 0 heterocycles. The van der Waals surface area contributed by atoms with Gasteiger partial charge in [0, 0.05) is 6.04 Å². The normalized spacial score (nSPS) is 14.9. The molecule has 1 amide bonds. The summed E-state index contributed by atoms with van der Waals surface area (Å²) in [5, 5.41) is 2.97. The minimum absolute atomic E-state index is 0.0157. The van der Waals surface area contributed by atoms with Crippen LogP contribution in [0.25, 0.3) is 0 Å². The van der Waals surface area contributed by atoms with Crippen molar-refractivity contribution in [2.24, 2.45) is 11.7 Å². The van der Waals surface area contributed by atoms with E-state index in [1.807, 2.05) is 13.8 Å². The van der Waals surface area contributed by atoms with Crippen molar-refractivity contribution in [1.82, 2.24) is 5.32 Å². The second-order valence-electron chi connectivity index (χ2n) is 5.03. The Bertz CT molecular complexity index is 192. The number of hydrogen-bond donors (Lipinski definition) is 2. The molecule has 0 radical (unpaired) electrons. The molecule has 2 unspecified atom stereocenters. The molecule has 0 spiro atoms. The SMILES string of the molecule is CCCCCCC(C)NC(=O)C(N)C(C)C. The Morgan fingerprint density at radius 2 is 1.81 bits per heavy atom. The summed E-state index contributed by atoms with van der Waals surface area (Å²) in [5.41, 5.74) is 5.77. The minimum Gasteiger partial charge on any atom is -0.352 e. The second-order valence-corrected chi connectivity index (χ2v) is 5.03. The first-order valence-electron chi connectivity index (χ1n) is 6.55. The van der Waals surface area contributed by atoms with Gasteiger partial charge in [-0.05, 0) is 19.3 Å². The van der Waals surface area contributed by atoms with Crippen molar-refractivity contribution >= 4 is 5.91 Å². The third kappa shape index (κ3) is 6.83. The first-order valence-corrected chi connectivity index (χ1v) is 6.55. The quantitative estimate of drug-likeness (QED) is 0.627. The topological polar surface area (TPSA) is 55.1 Å². The molecule has 0 saturated carbocycles. The monoisotopic (exact) mass is 228 g/mol. The van der Waals surface area contributed by atoms with Crippen molar-refractivity contribution in [1.29, 1.82) is 0 Å². The second kappa shape index (κ2) is 8.57. The highest BCUT2D eigenvalue weighted by Crippen LogP contribution is 2.06. The van der Waals surface area contributed by atoms with Gasteiger partial charge in [-0.2, -0.15) is 0 Å². The molecule has 0 aliphatic carbocycles. The van der Waals surface area contributed by atoms with Crippen molar-refractivity contribution in [3.63, 3.8) is 0 Å². The average Bonchev–Trinajstić information content (AvgIpc) is 2.23. The maximum absolute atomic E-state index is 11.6. The van der Waals surface area contributed by atoms with Crippen LogP contribution in [0.1, 0.15) is 59.8 Å². The zero-order valence-electron chi connectivity index (χ0n) is 11.3. The van der Waals surface area contributed by atoms with Gasteiger partial charge in [0.2, 0.25) is 5.91 Å². The predicted molar refractivity (Wildman–Crippen MR) is 69.2 cm³/mol. The van der Waals surface area contributed by atoms with Crippen LogP contribution < -0.4 is 11.1 Å². The molecule has 3 nitrogen and oxygen atoms in total. The third-order valence-corrected chi connectivity index (χ3v) is 2.90. The summed E-state index contributed by atoms with van der Waals surface area (Å²) >= 11 is 0. The molecular formula is C13H28N2O. The van der Waals surface area contributed by atoms with Gasteiger partial charge >= 0.3 is 0 Å². The third-order valence-electron chi connectivity index (χ3n) is 2.90. The molecule has 0 saturated heterocycles. The van der Waals surface area contributed by atoms with Crippen LogP contribution in [-0.2, 0) is 4.79 Å². The molecule has 0 bridgehead atoms. The van der Waals surface area contributed by atoms with Gasteiger partial charge < -0.3 is 11.1 Å². The summed E-state index contributed by atoms with van der Waals surface area (Å²) in [6.07, 6.45) is 6.03. The van der Waals surface area contributed by atoms with Gasteiger partial charge in [0.1, 0.15) is 0 Å². The number of unbranched alkanes of at least 4 members (excludes halogenated alkanes) is 3. The lowest BCUT2D eigenvalue weighted by Gasteiger charge is -2.19. The summed E-state index contributed by atoms with van der Waals surface area (Å²) in [6.45, 7) is 8.19. The first kappa shape index (κ1) is 15.4. The summed E-state index contributed by atoms with van der Waals surface area (Å²) in [4.78, 5) is 11.6. The molecule has 0 aliphatic rings. The van der Waals surface area contributed by atoms with E-state index in [-0.39, 0.29) is 23.9 Å². The van der Waals surface area contributed by atoms with Crippen LogP contribution >= 0.6 is 0 Å². The Morgan fingerprint density at radius 1 is 1.19 bits per heavy atom. The van der Waals surface area contributed by atoms with Crippen LogP contribution in [0.15, 0.2) is 0 Å². The highest BCUT2D eigenvalue weighted by molar-refractivity contribution is 5.81. The molecule has 96 valence electrons. The Balaban J connectivity index is 3.69. The lowest BCUT2D eigenvalue weighted by molar-refractivity contribution is -0.123. The highest BCUT2D eigenvalue weighted by Gasteiger charge is 2.18. The predicted octanol–water partition coefficient (Wildman–Crippen LogP) is 2.44. The number of carbonyl (C=O) groups is 1. The van der Waals surface area contributed by atoms with Crippen molar-refractivity contribution in [2.75, 3.05) is 0 Å². The van der Waals surface area contributed by atoms with Crippen molar-refractivity contribution in [3.05, 3.63) is 0 Å². The summed E-state index contributed by atoms with van der Waals surface area (Å²) < 4.78 is 0. The smallest absolute Gasteiger partial charge is 0.237 e. The molecule has 16 heavy (non-hydrogen) atoms. The summed E-state index contributed by atoms with van der Waals surface area (Å²) in [6, 6.07) is -0.132. The van der Waals surface area contributed by atoms with Crippen LogP contribution in [0.2, 0.25) is 0 Å². The standard InChI is InChI=1S/C13H28N2O/c1-5-6-7-8-9-11(4)15-13(16)12(14)10(2)3/h10-12H,5-9,14H2,1-4H3,(H,15,16). The lowest BCUT2D eigenvalue weighted by atomic mass is 10.0. The van der Waals surface area contributed by atoms with E-state index < -0.39 is 0 Å². The Morgan fingerprint density at radius 3 is 2.31 bits per heavy atom. The average molecular weight is 228 g/mol. The number of amides is 1. The van der Waals surface area contributed by atoms with E-state index in [1.165, 1.54) is 25.7 Å². The fourth-order valence-corrected chi connectivity index (χ4v) is 1.59. The molecule has 0 aromatic rings. The van der Waals surface area contributed by atoms with Crippen molar-refractivity contribution in [3.8, 4) is 0 Å². The fourth-order valence-electron chi connectivity index (χ4n) is 1.59. The number of carbonyl (C=O) groups excluding carboxylic acids is 1. The van der Waals surface area contributed by atoms with Gasteiger partial charge in [0.15, 0.2) is 0 Å². The molecule has 0 fully saturated rings. The van der Waals surface area contributed by atoms with E-state index in [1.54, 1.807) is 0 Å². The molecule has 0 aromatic heterocycles. The zero-order chi connectivity index (χ0) is 12.6. The van der Waals surface area contributed by atoms with E-state index in [0.717, 1.165) is 6.42 Å². The van der Waals surface area contributed by atoms with E-state index in [2.05, 4.69) is 19.2 Å². The largest absolute Gasteiger partial charge is 0.352 e. The van der Waals surface area contributed by atoms with Crippen LogP contribution in [0.5, 0.6) is 0 Å². The number of hydrogen-bond acceptors (Lipinski definition) is 2. The summed E-state index contributed by atoms with van der Waals surface area (Å²) in [5.74, 6) is 0.185. The van der Waals surface area contributed by atoms with Gasteiger partial charge in [0.05, 0.1) is 6.04 Å². The van der Waals surface area contributed by atoms with Crippen molar-refractivity contribution < 1.29 is 4.79 Å². The maximum atomic E-state index is 11.6. The van der Waals surface area contributed by atoms with Crippen molar-refractivity contribution in [2.45, 2.75) is 71.9 Å². The van der Waals surface area contributed by atoms with E-state index >= 15 is 0 Å². The first-order chi connectivity index (χ1) is 7.49. The lowest BCUT2D eigenvalue weighted by Crippen LogP contribution is -2.47. The van der Waals surface area contributed by atoms with Crippen LogP contribution in [0.3, 0.4) is 0 Å². The zero-order valence-corrected chi connectivity index (χ0v) is 11.3. The molecule has 2 atom stereocenters. The molecule has 0 aliphatic heterocycles. The van der Waals surface area contributed by atoms with Crippen LogP contribution in [0, 0.1) is 5.92 Å². The molecule has 3 N–H and O–H groups in total. The minimum atomic E-state index is -0.377. The fraction of sp³-hybridized carbons (Fsp3) is 0.923. The van der Waals surface area contributed by atoms with E-state index in [4.69, 9.17) is 5.73 Å². The summed E-state index contributed by atoms with van der Waals surface area (Å²) in [7, 11) is 0. The Labute approximate surface area is 100 Å². The number of rotatable bonds is 8. The molecule has 0 rings (SSSR count). The highest BCUT2D eigenvalue weighted by atomic mass is 16.2. The molecular weight excluding hydrogens is 200 g/mol. The molecule has 3 heteroatoms. The van der Waals surface area contributed by atoms with Gasteiger partial charge in [-0.3, -0.25) is 4.79 Å². The van der Waals surface area contributed by atoms with Crippen LogP contribution in [0.4, 0.5) is 0 Å². The Hall–Kier alpha value is -0.570. The van der Waals surface area contributed by atoms with Gasteiger partial charge in [-0.25, -0.2) is 0 Å². The number of nitrogens with two attached hydrogens (primary N) is 1. The van der Waals surface area contributed by atoms with E-state index in [9.17, 15) is 4.79 Å². The van der Waals surface area contributed by atoms with E-state index in [0.29, 0.717) is 0 Å².